The molecule has 0 aromatic heterocycles. The molecule has 0 aliphatic carbocycles. The van der Waals surface area contributed by atoms with Gasteiger partial charge in [0.1, 0.15) is 11.4 Å². The maximum Gasteiger partial charge on any atom is 0.260 e. The van der Waals surface area contributed by atoms with Gasteiger partial charge in [0, 0.05) is 32.1 Å². The van der Waals surface area contributed by atoms with Gasteiger partial charge >= 0.3 is 0 Å². The topological polar surface area (TPSA) is 102 Å². The summed E-state index contributed by atoms with van der Waals surface area (Å²) in [5, 5.41) is 1.73. The van der Waals surface area contributed by atoms with E-state index in [0.717, 1.165) is 12.0 Å². The number of carbonyl (C=O) groups excluding carboxylic acids is 2. The van der Waals surface area contributed by atoms with Crippen LogP contribution in [0.5, 0.6) is 11.5 Å². The van der Waals surface area contributed by atoms with Gasteiger partial charge in [0.2, 0.25) is 5.91 Å². The lowest BCUT2D eigenvalue weighted by Crippen LogP contribution is -2.45. The number of nitrogens with one attached hydrogen (secondary N) is 1. The quantitative estimate of drug-likeness (QED) is 0.729. The zero-order valence-corrected chi connectivity index (χ0v) is 17.9. The Kier molecular flexibility index (Phi) is 6.07. The lowest BCUT2D eigenvalue weighted by atomic mass is 10.0. The van der Waals surface area contributed by atoms with Crippen molar-refractivity contribution in [2.24, 2.45) is 0 Å². The van der Waals surface area contributed by atoms with Gasteiger partial charge in [-0.2, -0.15) is 0 Å². The van der Waals surface area contributed by atoms with Crippen molar-refractivity contribution in [3.8, 4) is 11.5 Å². The fraction of sp³-hybridized carbons (Fsp3) is 0.600. The fourth-order valence-electron chi connectivity index (χ4n) is 3.77. The number of likely N-dealkylation sites (tertiary alicyclic amines) is 1. The van der Waals surface area contributed by atoms with Gasteiger partial charge in [0.25, 0.3) is 5.91 Å². The van der Waals surface area contributed by atoms with Gasteiger partial charge in [0.05, 0.1) is 5.25 Å². The highest BCUT2D eigenvalue weighted by Gasteiger charge is 2.34. The highest BCUT2D eigenvalue weighted by Crippen LogP contribution is 2.41. The van der Waals surface area contributed by atoms with Crippen molar-refractivity contribution in [3.63, 3.8) is 0 Å². The Morgan fingerprint density at radius 1 is 1.28 bits per heavy atom. The molecule has 0 saturated carbocycles. The van der Waals surface area contributed by atoms with Crippen LogP contribution in [-0.4, -0.2) is 68.5 Å². The van der Waals surface area contributed by atoms with Crippen molar-refractivity contribution in [3.05, 3.63) is 23.8 Å². The van der Waals surface area contributed by atoms with Gasteiger partial charge in [-0.15, -0.1) is 0 Å². The molecule has 1 N–H and O–H groups in total. The molecular weight excluding hydrogens is 396 g/mol. The molecule has 1 fully saturated rings. The van der Waals surface area contributed by atoms with E-state index in [2.05, 4.69) is 5.32 Å². The molecule has 3 rings (SSSR count). The van der Waals surface area contributed by atoms with Crippen LogP contribution < -0.4 is 14.8 Å². The molecule has 8 nitrogen and oxygen atoms in total. The van der Waals surface area contributed by atoms with E-state index in [9.17, 15) is 18.0 Å². The van der Waals surface area contributed by atoms with E-state index >= 15 is 0 Å². The molecule has 1 saturated heterocycles. The smallest absolute Gasteiger partial charge is 0.260 e. The largest absolute Gasteiger partial charge is 0.483 e. The number of fused-ring (bicyclic) bond motifs is 1. The summed E-state index contributed by atoms with van der Waals surface area (Å²) in [6.45, 7) is 4.54. The summed E-state index contributed by atoms with van der Waals surface area (Å²) in [5.41, 5.74) is 0.760. The second kappa shape index (κ2) is 8.22. The highest BCUT2D eigenvalue weighted by atomic mass is 32.2. The highest BCUT2D eigenvalue weighted by molar-refractivity contribution is 7.92. The van der Waals surface area contributed by atoms with Crippen molar-refractivity contribution >= 4 is 21.7 Å². The summed E-state index contributed by atoms with van der Waals surface area (Å²) in [5.74, 6) is 0.00853. The van der Waals surface area contributed by atoms with Crippen LogP contribution in [0.1, 0.15) is 32.3 Å². The number of ether oxygens (including phenoxy) is 2. The maximum absolute atomic E-state index is 12.5. The first-order chi connectivity index (χ1) is 13.6. The second-order valence-electron chi connectivity index (χ2n) is 8.13. The van der Waals surface area contributed by atoms with E-state index in [-0.39, 0.29) is 18.1 Å². The first kappa shape index (κ1) is 21.4. The van der Waals surface area contributed by atoms with E-state index in [1.165, 1.54) is 7.05 Å². The summed E-state index contributed by atoms with van der Waals surface area (Å²) in [4.78, 5) is 25.5. The molecule has 2 aliphatic rings. The van der Waals surface area contributed by atoms with Crippen LogP contribution in [0.15, 0.2) is 18.2 Å². The van der Waals surface area contributed by atoms with E-state index in [0.29, 0.717) is 37.4 Å². The van der Waals surface area contributed by atoms with Crippen LogP contribution >= 0.6 is 0 Å². The predicted molar refractivity (Wildman–Crippen MR) is 108 cm³/mol. The number of carbonyl (C=O) groups is 2. The van der Waals surface area contributed by atoms with Gasteiger partial charge < -0.3 is 19.7 Å². The number of sulfone groups is 1. The third kappa shape index (κ3) is 5.01. The third-order valence-corrected chi connectivity index (χ3v) is 7.47. The Balaban J connectivity index is 1.53. The van der Waals surface area contributed by atoms with Gasteiger partial charge in [-0.25, -0.2) is 8.42 Å². The second-order valence-corrected chi connectivity index (χ2v) is 10.4. The molecule has 2 heterocycles. The maximum atomic E-state index is 12.5. The average molecular weight is 425 g/mol. The Labute approximate surface area is 171 Å². The molecule has 0 radical (unpaired) electrons. The number of nitrogens with zero attached hydrogens (tertiary/aromatic N) is 1. The first-order valence-electron chi connectivity index (χ1n) is 9.75. The minimum atomic E-state index is -3.51. The molecule has 0 atom stereocenters. The Morgan fingerprint density at radius 2 is 1.97 bits per heavy atom. The van der Waals surface area contributed by atoms with Gasteiger partial charge in [-0.05, 0) is 32.8 Å². The van der Waals surface area contributed by atoms with Crippen molar-refractivity contribution < 1.29 is 27.5 Å². The average Bonchev–Trinajstić information content (AvgIpc) is 3.00. The van der Waals surface area contributed by atoms with Crippen molar-refractivity contribution in [2.75, 3.05) is 32.5 Å². The van der Waals surface area contributed by atoms with Crippen LogP contribution in [-0.2, 0) is 25.8 Å². The number of hydrogen-bond acceptors (Lipinski definition) is 6. The van der Waals surface area contributed by atoms with Gasteiger partial charge in [-0.3, -0.25) is 9.59 Å². The predicted octanol–water partition coefficient (Wildman–Crippen LogP) is 0.931. The normalized spacial score (nSPS) is 18.7. The summed E-state index contributed by atoms with van der Waals surface area (Å²) in [6.07, 6.45) is 1.43. The molecule has 0 unspecified atom stereocenters. The molecule has 1 aromatic rings. The number of para-hydroxylation sites is 1. The van der Waals surface area contributed by atoms with Crippen molar-refractivity contribution in [1.29, 1.82) is 0 Å². The number of rotatable bonds is 6. The van der Waals surface area contributed by atoms with Crippen molar-refractivity contribution in [2.45, 2.75) is 44.0 Å². The number of amides is 2. The van der Waals surface area contributed by atoms with E-state index in [1.54, 1.807) is 11.0 Å². The van der Waals surface area contributed by atoms with Gasteiger partial charge in [0.15, 0.2) is 27.9 Å². The standard InChI is InChI=1S/C20H28N2O6S/c1-20(2)11-14-5-4-6-16(19(14)28-20)27-12-18(24)22-9-7-15(8-10-22)29(25,26)13-17(23)21-3/h4-6,15H,7-13H2,1-3H3,(H,21,23). The minimum absolute atomic E-state index is 0.129. The monoisotopic (exact) mass is 424 g/mol. The summed E-state index contributed by atoms with van der Waals surface area (Å²) >= 11 is 0. The molecule has 0 bridgehead atoms. The Morgan fingerprint density at radius 3 is 2.62 bits per heavy atom. The lowest BCUT2D eigenvalue weighted by Gasteiger charge is -2.31. The van der Waals surface area contributed by atoms with Crippen LogP contribution in [0, 0.1) is 0 Å². The minimum Gasteiger partial charge on any atom is -0.483 e. The molecule has 29 heavy (non-hydrogen) atoms. The van der Waals surface area contributed by atoms with E-state index < -0.39 is 26.7 Å². The van der Waals surface area contributed by atoms with Gasteiger partial charge in [-0.1, -0.05) is 12.1 Å². The van der Waals surface area contributed by atoms with Crippen molar-refractivity contribution in [1.82, 2.24) is 10.2 Å². The number of hydrogen-bond donors (Lipinski definition) is 1. The van der Waals surface area contributed by atoms with E-state index in [1.807, 2.05) is 26.0 Å². The zero-order valence-electron chi connectivity index (χ0n) is 17.1. The Hall–Kier alpha value is -2.29. The number of piperidine rings is 1. The third-order valence-electron chi connectivity index (χ3n) is 5.32. The van der Waals surface area contributed by atoms with Crippen LogP contribution in [0.25, 0.3) is 0 Å². The molecular formula is C20H28N2O6S. The molecule has 9 heteroatoms. The Bertz CT molecular complexity index is 888. The van der Waals surface area contributed by atoms with Crippen LogP contribution in [0.2, 0.25) is 0 Å². The summed E-state index contributed by atoms with van der Waals surface area (Å²) in [6, 6.07) is 5.65. The summed E-state index contributed by atoms with van der Waals surface area (Å²) in [7, 11) is -2.10. The molecule has 2 aliphatic heterocycles. The van der Waals surface area contributed by atoms with Crippen LogP contribution in [0.3, 0.4) is 0 Å². The SMILES string of the molecule is CNC(=O)CS(=O)(=O)C1CCN(C(=O)COc2cccc3c2OC(C)(C)C3)CC1. The lowest BCUT2D eigenvalue weighted by molar-refractivity contribution is -0.134. The zero-order chi connectivity index (χ0) is 21.2. The molecule has 1 aromatic carbocycles. The molecule has 2 amide bonds. The molecule has 0 spiro atoms. The summed E-state index contributed by atoms with van der Waals surface area (Å²) < 4.78 is 36.3. The first-order valence-corrected chi connectivity index (χ1v) is 11.5. The number of benzene rings is 1. The van der Waals surface area contributed by atoms with E-state index in [4.69, 9.17) is 9.47 Å². The molecule has 160 valence electrons. The van der Waals surface area contributed by atoms with Crippen LogP contribution in [0.4, 0.5) is 0 Å². The fourth-order valence-corrected chi connectivity index (χ4v) is 5.44.